The Balaban J connectivity index is 2.17. The van der Waals surface area contributed by atoms with E-state index in [2.05, 4.69) is 20.9 Å². The molecule has 1 aromatic rings. The summed E-state index contributed by atoms with van der Waals surface area (Å²) in [5.74, 6) is -3.15. The Bertz CT molecular complexity index is 591. The molecule has 0 radical (unpaired) electrons. The number of ether oxygens (including phenoxy) is 3. The zero-order valence-corrected chi connectivity index (χ0v) is 13.3. The van der Waals surface area contributed by atoms with E-state index in [9.17, 15) is 9.59 Å². The summed E-state index contributed by atoms with van der Waals surface area (Å²) in [4.78, 5) is 27.6. The number of hydrogen-bond donors (Lipinski definition) is 0. The molecule has 21 heavy (non-hydrogen) atoms. The normalized spacial score (nSPS) is 18.5. The molecule has 0 aliphatic carbocycles. The molecule has 0 atom stereocenters. The average molecular weight is 356 g/mol. The molecule has 0 spiro atoms. The van der Waals surface area contributed by atoms with Crippen molar-refractivity contribution in [2.75, 3.05) is 7.11 Å². The van der Waals surface area contributed by atoms with Crippen molar-refractivity contribution >= 4 is 39.8 Å². The first-order valence-electron chi connectivity index (χ1n) is 6.16. The van der Waals surface area contributed by atoms with Gasteiger partial charge in [0.05, 0.1) is 17.3 Å². The first kappa shape index (κ1) is 15.5. The fraction of sp³-hybridized carbons (Fsp3) is 0.357. The number of halogens is 1. The summed E-state index contributed by atoms with van der Waals surface area (Å²) >= 11 is 3.32. The quantitative estimate of drug-likeness (QED) is 0.473. The van der Waals surface area contributed by atoms with Crippen LogP contribution in [0.15, 0.2) is 27.7 Å². The van der Waals surface area contributed by atoms with Gasteiger partial charge in [0.2, 0.25) is 0 Å². The molecule has 1 heterocycles. The monoisotopic (exact) mass is 355 g/mol. The lowest BCUT2D eigenvalue weighted by molar-refractivity contribution is -0.235. The van der Waals surface area contributed by atoms with Gasteiger partial charge in [0.15, 0.2) is 5.92 Å². The highest BCUT2D eigenvalue weighted by molar-refractivity contribution is 9.10. The molecule has 0 aromatic heterocycles. The Labute approximate surface area is 130 Å². The van der Waals surface area contributed by atoms with Gasteiger partial charge in [0.25, 0.3) is 5.79 Å². The number of carbonyl (C=O) groups is 2. The van der Waals surface area contributed by atoms with Gasteiger partial charge in [-0.25, -0.2) is 0 Å². The van der Waals surface area contributed by atoms with Crippen molar-refractivity contribution in [1.82, 2.24) is 0 Å². The van der Waals surface area contributed by atoms with Crippen molar-refractivity contribution in [2.45, 2.75) is 19.6 Å². The summed E-state index contributed by atoms with van der Waals surface area (Å²) in [7, 11) is 1.53. The van der Waals surface area contributed by atoms with E-state index in [1.807, 2.05) is 0 Å². The van der Waals surface area contributed by atoms with Crippen LogP contribution < -0.4 is 4.74 Å². The summed E-state index contributed by atoms with van der Waals surface area (Å²) in [6, 6.07) is 5.14. The minimum Gasteiger partial charge on any atom is -0.495 e. The van der Waals surface area contributed by atoms with E-state index in [1.54, 1.807) is 18.2 Å². The van der Waals surface area contributed by atoms with Crippen LogP contribution >= 0.6 is 15.9 Å². The Morgan fingerprint density at radius 3 is 2.48 bits per heavy atom. The van der Waals surface area contributed by atoms with E-state index in [0.29, 0.717) is 11.4 Å². The summed E-state index contributed by atoms with van der Waals surface area (Å²) in [6.07, 6.45) is 1.21. The van der Waals surface area contributed by atoms with Crippen molar-refractivity contribution in [1.29, 1.82) is 0 Å². The zero-order valence-electron chi connectivity index (χ0n) is 11.8. The number of benzene rings is 1. The van der Waals surface area contributed by atoms with Crippen LogP contribution in [-0.4, -0.2) is 31.1 Å². The van der Waals surface area contributed by atoms with Crippen LogP contribution in [0.1, 0.15) is 13.8 Å². The van der Waals surface area contributed by atoms with E-state index in [-0.39, 0.29) is 0 Å². The number of aliphatic imine (C=N–C) groups is 1. The first-order chi connectivity index (χ1) is 9.82. The molecule has 112 valence electrons. The van der Waals surface area contributed by atoms with Gasteiger partial charge in [-0.15, -0.1) is 0 Å². The molecule has 0 saturated carbocycles. The smallest absolute Gasteiger partial charge is 0.329 e. The van der Waals surface area contributed by atoms with Crippen molar-refractivity contribution in [2.24, 2.45) is 10.9 Å². The third-order valence-corrected chi connectivity index (χ3v) is 3.36. The summed E-state index contributed by atoms with van der Waals surface area (Å²) in [5, 5.41) is 0. The molecule has 1 aromatic carbocycles. The van der Waals surface area contributed by atoms with Crippen LogP contribution in [0.25, 0.3) is 0 Å². The Hall–Kier alpha value is -1.89. The van der Waals surface area contributed by atoms with Gasteiger partial charge in [-0.3, -0.25) is 14.6 Å². The molecule has 6 nitrogen and oxygen atoms in total. The van der Waals surface area contributed by atoms with Gasteiger partial charge in [-0.2, -0.15) is 0 Å². The molecule has 2 rings (SSSR count). The third-order valence-electron chi connectivity index (χ3n) is 2.71. The molecule has 1 fully saturated rings. The number of esters is 2. The number of methoxy groups -OCH3 is 1. The van der Waals surface area contributed by atoms with E-state index in [0.717, 1.165) is 4.47 Å². The average Bonchev–Trinajstić information content (AvgIpc) is 2.38. The van der Waals surface area contributed by atoms with Crippen LogP contribution in [0.5, 0.6) is 5.75 Å². The van der Waals surface area contributed by atoms with Crippen LogP contribution in [0.2, 0.25) is 0 Å². The third kappa shape index (κ3) is 3.60. The van der Waals surface area contributed by atoms with Gasteiger partial charge in [-0.05, 0) is 28.1 Å². The molecule has 0 N–H and O–H groups in total. The van der Waals surface area contributed by atoms with Gasteiger partial charge < -0.3 is 14.2 Å². The number of hydrogen-bond acceptors (Lipinski definition) is 6. The largest absolute Gasteiger partial charge is 0.495 e. The van der Waals surface area contributed by atoms with E-state index in [4.69, 9.17) is 14.2 Å². The highest BCUT2D eigenvalue weighted by Crippen LogP contribution is 2.29. The van der Waals surface area contributed by atoms with Gasteiger partial charge in [0.1, 0.15) is 5.75 Å². The standard InChI is InChI=1S/C14H14BrNO5/c1-14(2)20-12(17)9(13(18)21-14)7-16-8-4-5-10(15)11(6-8)19-3/h4-7,9H,1-3H3. The number of rotatable bonds is 3. The summed E-state index contributed by atoms with van der Waals surface area (Å²) in [5.41, 5.74) is 0.542. The predicted molar refractivity (Wildman–Crippen MR) is 78.6 cm³/mol. The molecule has 0 unspecified atom stereocenters. The fourth-order valence-corrected chi connectivity index (χ4v) is 2.15. The second-order valence-corrected chi connectivity index (χ2v) is 5.67. The minimum absolute atomic E-state index is 0.542. The lowest BCUT2D eigenvalue weighted by Gasteiger charge is -2.31. The predicted octanol–water partition coefficient (Wildman–Crippen LogP) is 2.61. The van der Waals surface area contributed by atoms with E-state index in [1.165, 1.54) is 27.2 Å². The van der Waals surface area contributed by atoms with Crippen LogP contribution in [0, 0.1) is 5.92 Å². The summed E-state index contributed by atoms with van der Waals surface area (Å²) in [6.45, 7) is 2.99. The maximum absolute atomic E-state index is 11.8. The lowest BCUT2D eigenvalue weighted by atomic mass is 10.1. The zero-order chi connectivity index (χ0) is 15.6. The molecular weight excluding hydrogens is 342 g/mol. The maximum atomic E-state index is 11.8. The van der Waals surface area contributed by atoms with E-state index >= 15 is 0 Å². The molecule has 7 heteroatoms. The Kier molecular flexibility index (Phi) is 4.32. The van der Waals surface area contributed by atoms with Crippen molar-refractivity contribution in [3.63, 3.8) is 0 Å². The molecule has 0 bridgehead atoms. The number of cyclic esters (lactones) is 2. The Morgan fingerprint density at radius 2 is 1.90 bits per heavy atom. The van der Waals surface area contributed by atoms with Crippen LogP contribution in [0.3, 0.4) is 0 Å². The Morgan fingerprint density at radius 1 is 1.29 bits per heavy atom. The number of carbonyl (C=O) groups excluding carboxylic acids is 2. The molecule has 1 saturated heterocycles. The second kappa shape index (κ2) is 5.85. The minimum atomic E-state index is -1.24. The lowest BCUT2D eigenvalue weighted by Crippen LogP contribution is -2.46. The first-order valence-corrected chi connectivity index (χ1v) is 6.95. The van der Waals surface area contributed by atoms with Crippen LogP contribution in [-0.2, 0) is 19.1 Å². The summed E-state index contributed by atoms with van der Waals surface area (Å²) < 4.78 is 15.9. The highest BCUT2D eigenvalue weighted by atomic mass is 79.9. The van der Waals surface area contributed by atoms with Gasteiger partial charge >= 0.3 is 11.9 Å². The van der Waals surface area contributed by atoms with Gasteiger partial charge in [-0.1, -0.05) is 0 Å². The van der Waals surface area contributed by atoms with Crippen LogP contribution in [0.4, 0.5) is 5.69 Å². The highest BCUT2D eigenvalue weighted by Gasteiger charge is 2.42. The topological polar surface area (TPSA) is 74.2 Å². The molecule has 1 aliphatic heterocycles. The molecular formula is C14H14BrNO5. The fourth-order valence-electron chi connectivity index (χ4n) is 1.74. The van der Waals surface area contributed by atoms with Crippen molar-refractivity contribution in [3.05, 3.63) is 22.7 Å². The number of nitrogens with zero attached hydrogens (tertiary/aromatic N) is 1. The van der Waals surface area contributed by atoms with E-state index < -0.39 is 23.6 Å². The SMILES string of the molecule is COc1cc(N=CC2C(=O)OC(C)(C)OC2=O)ccc1Br. The molecule has 1 aliphatic rings. The second-order valence-electron chi connectivity index (χ2n) is 4.82. The van der Waals surface area contributed by atoms with Crippen molar-refractivity contribution < 1.29 is 23.8 Å². The molecule has 0 amide bonds. The van der Waals surface area contributed by atoms with Crippen molar-refractivity contribution in [3.8, 4) is 5.75 Å². The van der Waals surface area contributed by atoms with Gasteiger partial charge in [0, 0.05) is 26.1 Å². The maximum Gasteiger partial charge on any atom is 0.329 e.